The molecule has 4 bridgehead atoms. The van der Waals surface area contributed by atoms with Crippen LogP contribution in [0.4, 0.5) is 5.69 Å². The molecular weight excluding hydrogens is 993 g/mol. The minimum absolute atomic E-state index is 0.0112. The van der Waals surface area contributed by atoms with Crippen molar-refractivity contribution in [3.05, 3.63) is 102 Å². The molecule has 12 atom stereocenters. The third-order valence-corrected chi connectivity index (χ3v) is 17.2. The minimum atomic E-state index is -1.60. The molecule has 7 heterocycles. The molecule has 4 fully saturated rings. The molecule has 20 nitrogen and oxygen atoms in total. The van der Waals surface area contributed by atoms with Gasteiger partial charge in [0.15, 0.2) is 0 Å². The van der Waals surface area contributed by atoms with Crippen molar-refractivity contribution in [3.8, 4) is 0 Å². The smallest absolute Gasteiger partial charge is 0.252 e. The van der Waals surface area contributed by atoms with Gasteiger partial charge in [-0.05, 0) is 74.6 Å². The second kappa shape index (κ2) is 20.9. The summed E-state index contributed by atoms with van der Waals surface area (Å²) >= 11 is 0. The number of nitrogens with two attached hydrogens (primary N) is 1. The summed E-state index contributed by atoms with van der Waals surface area (Å²) in [6.45, 7) is 5.17. The van der Waals surface area contributed by atoms with Gasteiger partial charge in [-0.3, -0.25) is 47.5 Å². The molecule has 3 aromatic carbocycles. The molecule has 8 amide bonds. The molecular formula is C55H66N10O10S. The number of hydrogen-bond acceptors (Lipinski definition) is 11. The minimum Gasteiger partial charge on any atom is -0.391 e. The Balaban J connectivity index is 1.11. The number of nitrogens with zero attached hydrogens (tertiary/aromatic N) is 5. The lowest BCUT2D eigenvalue weighted by Gasteiger charge is -2.49. The zero-order valence-electron chi connectivity index (χ0n) is 43.1. The zero-order valence-corrected chi connectivity index (χ0v) is 43.9. The van der Waals surface area contributed by atoms with Gasteiger partial charge in [0.25, 0.3) is 5.91 Å². The summed E-state index contributed by atoms with van der Waals surface area (Å²) in [6, 6.07) is 14.6. The second-order valence-electron chi connectivity index (χ2n) is 21.6. The Hall–Kier alpha value is -6.97. The molecule has 4 aromatic rings. The van der Waals surface area contributed by atoms with Gasteiger partial charge in [-0.1, -0.05) is 80.6 Å². The maximum atomic E-state index is 15.4. The molecule has 4 saturated heterocycles. The van der Waals surface area contributed by atoms with E-state index in [1.54, 1.807) is 23.6 Å². The van der Waals surface area contributed by atoms with Gasteiger partial charge in [0.2, 0.25) is 41.4 Å². The summed E-state index contributed by atoms with van der Waals surface area (Å²) in [6.07, 6.45) is 2.29. The van der Waals surface area contributed by atoms with Crippen molar-refractivity contribution >= 4 is 74.6 Å². The molecule has 6 aliphatic heterocycles. The lowest BCUT2D eigenvalue weighted by Crippen LogP contribution is -2.69. The number of benzene rings is 3. The summed E-state index contributed by atoms with van der Waals surface area (Å²) in [5, 5.41) is 23.4. The van der Waals surface area contributed by atoms with Crippen LogP contribution in [-0.4, -0.2) is 162 Å². The lowest BCUT2D eigenvalue weighted by atomic mass is 9.78. The number of carbonyl (C=O) groups is 8. The van der Waals surface area contributed by atoms with E-state index in [0.29, 0.717) is 40.6 Å². The maximum absolute atomic E-state index is 15.4. The highest BCUT2D eigenvalue weighted by Crippen LogP contribution is 2.57. The standard InChI is InChI=1S/C55H66N10O10S/c1-30(2)44-53(74)62-24-13-21-42(62)48(69)60-45(31(3)66)49(70)58-38-28-55(35-17-9-11-19-40(35)64-52(73)43(65(51(38)72)54(55)64)26-32-14-6-5-7-15-32)63-29-33(34-16-8-10-18-39(34)63)27-36(56)46(67)57-37(22-25-76(4)75)50(71)61-23-12-20-41(61)47(68)59-44/h5-11,14-19,29-31,36-38,41-45,54,66H,12-13,20-28,56H2,1-4H3,(H,57,67)(H,58,70)(H,59,68)(H,60,69)/t31?,36-,37-,38-,41-,42-,43-,44-,45-,54-,55+,76?/m0/s1. The highest BCUT2D eigenvalue weighted by molar-refractivity contribution is 7.84. The van der Waals surface area contributed by atoms with Gasteiger partial charge >= 0.3 is 0 Å². The molecule has 76 heavy (non-hydrogen) atoms. The van der Waals surface area contributed by atoms with Crippen LogP contribution in [0.15, 0.2) is 85.1 Å². The Kier molecular flexibility index (Phi) is 14.4. The van der Waals surface area contributed by atoms with Crippen LogP contribution >= 0.6 is 0 Å². The van der Waals surface area contributed by atoms with E-state index in [1.165, 1.54) is 23.0 Å². The fourth-order valence-electron chi connectivity index (χ4n) is 12.7. The fraction of sp³-hybridized carbons (Fsp3) is 0.491. The van der Waals surface area contributed by atoms with Crippen LogP contribution in [-0.2, 0) is 67.5 Å². The van der Waals surface area contributed by atoms with E-state index < -0.39 is 124 Å². The summed E-state index contributed by atoms with van der Waals surface area (Å²) in [7, 11) is -1.35. The first-order valence-electron chi connectivity index (χ1n) is 26.4. The highest BCUT2D eigenvalue weighted by atomic mass is 32.2. The number of piperidine rings is 1. The Morgan fingerprint density at radius 2 is 1.36 bits per heavy atom. The van der Waals surface area contributed by atoms with E-state index >= 15 is 9.59 Å². The molecule has 1 spiro atoms. The first kappa shape index (κ1) is 52.5. The number of para-hydroxylation sites is 2. The van der Waals surface area contributed by atoms with E-state index in [0.717, 1.165) is 5.56 Å². The monoisotopic (exact) mass is 1060 g/mol. The quantitative estimate of drug-likeness (QED) is 0.149. The average Bonchev–Trinajstić information content (AvgIpc) is 4.38. The van der Waals surface area contributed by atoms with Crippen LogP contribution in [0.1, 0.15) is 76.0 Å². The van der Waals surface area contributed by atoms with Crippen molar-refractivity contribution in [3.63, 3.8) is 0 Å². The normalized spacial score (nSPS) is 30.2. The van der Waals surface area contributed by atoms with Crippen molar-refractivity contribution < 1.29 is 47.7 Å². The first-order valence-corrected chi connectivity index (χ1v) is 28.1. The van der Waals surface area contributed by atoms with Crippen LogP contribution in [0.2, 0.25) is 0 Å². The largest absolute Gasteiger partial charge is 0.391 e. The van der Waals surface area contributed by atoms with E-state index in [1.807, 2.05) is 89.6 Å². The van der Waals surface area contributed by atoms with Crippen LogP contribution < -0.4 is 31.9 Å². The van der Waals surface area contributed by atoms with Gasteiger partial charge in [0.1, 0.15) is 54.0 Å². The molecule has 7 N–H and O–H groups in total. The maximum Gasteiger partial charge on any atom is 0.252 e. The Bertz CT molecular complexity index is 3020. The highest BCUT2D eigenvalue weighted by Gasteiger charge is 2.68. The number of fused-ring (bicyclic) bond motifs is 10. The molecule has 1 aromatic heterocycles. The van der Waals surface area contributed by atoms with Crippen LogP contribution in [0.5, 0.6) is 0 Å². The molecule has 402 valence electrons. The van der Waals surface area contributed by atoms with Crippen molar-refractivity contribution in [2.75, 3.05) is 30.0 Å². The van der Waals surface area contributed by atoms with Gasteiger partial charge in [-0.15, -0.1) is 0 Å². The number of aliphatic hydroxyl groups is 1. The predicted molar refractivity (Wildman–Crippen MR) is 281 cm³/mol. The lowest BCUT2D eigenvalue weighted by molar-refractivity contribution is -0.148. The number of carbonyl (C=O) groups excluding carboxylic acids is 8. The third-order valence-electron chi connectivity index (χ3n) is 16.4. The van der Waals surface area contributed by atoms with E-state index in [2.05, 4.69) is 21.3 Å². The van der Waals surface area contributed by atoms with Crippen molar-refractivity contribution in [1.82, 2.24) is 40.5 Å². The van der Waals surface area contributed by atoms with Gasteiger partial charge in [0.05, 0.1) is 17.8 Å². The second-order valence-corrected chi connectivity index (χ2v) is 23.1. The number of amides is 8. The summed E-state index contributed by atoms with van der Waals surface area (Å²) in [5.41, 5.74) is 8.87. The van der Waals surface area contributed by atoms with E-state index in [4.69, 9.17) is 5.73 Å². The van der Waals surface area contributed by atoms with E-state index in [9.17, 15) is 38.1 Å². The van der Waals surface area contributed by atoms with Crippen LogP contribution in [0, 0.1) is 5.92 Å². The van der Waals surface area contributed by atoms with Gasteiger partial charge in [-0.25, -0.2) is 0 Å². The third kappa shape index (κ3) is 9.12. The summed E-state index contributed by atoms with van der Waals surface area (Å²) < 4.78 is 14.5. The van der Waals surface area contributed by atoms with Crippen LogP contribution in [0.3, 0.4) is 0 Å². The molecule has 0 aliphatic carbocycles. The van der Waals surface area contributed by atoms with Crippen molar-refractivity contribution in [1.29, 1.82) is 0 Å². The molecule has 0 radical (unpaired) electrons. The number of nitrogens with one attached hydrogen (secondary N) is 4. The van der Waals surface area contributed by atoms with Gasteiger partial charge < -0.3 is 51.4 Å². The number of hydrogen-bond donors (Lipinski definition) is 6. The number of anilines is 1. The SMILES string of the molecule is CC(C)[C@@H]1NC(=O)[C@@H]2CCCN2C(=O)[C@H](CCS(C)=O)NC(=O)[C@@H](N)Cc2cn(c3ccccc23)[C@]23C[C@H](NC(=O)[C@H](C(C)O)NC(=O)[C@@H]4CCCN4C1=O)C(=O)N1[C@@H](Cc4ccccc4)C(=O)N(c4ccccc42)[C@@H]13. The predicted octanol–water partition coefficient (Wildman–Crippen LogP) is 0.525. The summed E-state index contributed by atoms with van der Waals surface area (Å²) in [4.78, 5) is 124. The van der Waals surface area contributed by atoms with E-state index in [-0.39, 0.29) is 63.3 Å². The average molecular weight is 1060 g/mol. The Morgan fingerprint density at radius 3 is 2.03 bits per heavy atom. The molecule has 2 unspecified atom stereocenters. The molecule has 6 aliphatic rings. The summed E-state index contributed by atoms with van der Waals surface area (Å²) in [5.74, 6) is -5.22. The number of aromatic nitrogens is 1. The first-order chi connectivity index (χ1) is 36.4. The Labute approximate surface area is 442 Å². The van der Waals surface area contributed by atoms with Gasteiger partial charge in [-0.2, -0.15) is 0 Å². The number of aliphatic hydroxyl groups excluding tert-OH is 1. The van der Waals surface area contributed by atoms with Crippen molar-refractivity contribution in [2.45, 2.75) is 138 Å². The molecule has 10 rings (SSSR count). The molecule has 0 saturated carbocycles. The fourth-order valence-corrected chi connectivity index (χ4v) is 13.3. The topological polar surface area (TPSA) is 266 Å². The molecule has 21 heteroatoms. The Morgan fingerprint density at radius 1 is 0.724 bits per heavy atom. The zero-order chi connectivity index (χ0) is 53.9. The van der Waals surface area contributed by atoms with Crippen molar-refractivity contribution in [2.24, 2.45) is 11.7 Å². The van der Waals surface area contributed by atoms with Gasteiger partial charge in [0, 0.05) is 71.4 Å². The number of rotatable bonds is 7. The van der Waals surface area contributed by atoms with Crippen LogP contribution in [0.25, 0.3) is 10.9 Å².